The molecule has 0 aromatic carbocycles. The summed E-state index contributed by atoms with van der Waals surface area (Å²) in [6, 6.07) is 0.401. The van der Waals surface area contributed by atoms with E-state index >= 15 is 0 Å². The van der Waals surface area contributed by atoms with Crippen molar-refractivity contribution in [1.82, 2.24) is 10.2 Å². The van der Waals surface area contributed by atoms with Crippen molar-refractivity contribution in [2.24, 2.45) is 11.8 Å². The zero-order valence-electron chi connectivity index (χ0n) is 13.1. The average Bonchev–Trinajstić information content (AvgIpc) is 2.77. The first-order valence-corrected chi connectivity index (χ1v) is 7.41. The highest BCUT2D eigenvalue weighted by atomic mass is 16.5. The molecule has 0 spiro atoms. The van der Waals surface area contributed by atoms with Crippen molar-refractivity contribution in [2.45, 2.75) is 52.7 Å². The van der Waals surface area contributed by atoms with Crippen LogP contribution in [-0.4, -0.2) is 49.8 Å². The molecule has 0 amide bonds. The quantitative estimate of drug-likeness (QED) is 0.757. The fourth-order valence-corrected chi connectivity index (χ4v) is 2.75. The molecule has 0 bridgehead atoms. The maximum Gasteiger partial charge on any atom is 0.0787 e. The molecule has 3 heteroatoms. The molecule has 108 valence electrons. The number of ether oxygens (including phenoxy) is 1. The van der Waals surface area contributed by atoms with Gasteiger partial charge < -0.3 is 15.0 Å². The first-order valence-electron chi connectivity index (χ1n) is 7.41. The van der Waals surface area contributed by atoms with Crippen LogP contribution in [0, 0.1) is 11.8 Å². The van der Waals surface area contributed by atoms with Crippen LogP contribution in [0.5, 0.6) is 0 Å². The lowest BCUT2D eigenvalue weighted by molar-refractivity contribution is -0.0181. The van der Waals surface area contributed by atoms with Crippen LogP contribution in [0.25, 0.3) is 0 Å². The van der Waals surface area contributed by atoms with Gasteiger partial charge in [0.2, 0.25) is 0 Å². The smallest absolute Gasteiger partial charge is 0.0787 e. The highest BCUT2D eigenvalue weighted by Crippen LogP contribution is 2.25. The fraction of sp³-hybridized carbons (Fsp3) is 1.00. The Labute approximate surface area is 113 Å². The van der Waals surface area contributed by atoms with E-state index in [9.17, 15) is 0 Å². The molecule has 2 atom stereocenters. The molecule has 2 unspecified atom stereocenters. The monoisotopic (exact) mass is 256 g/mol. The number of hydrogen-bond donors (Lipinski definition) is 1. The number of nitrogens with one attached hydrogen (secondary N) is 1. The summed E-state index contributed by atoms with van der Waals surface area (Å²) in [4.78, 5) is 2.60. The second-order valence-electron chi connectivity index (χ2n) is 6.47. The number of nitrogens with zero attached hydrogens (tertiary/aromatic N) is 1. The van der Waals surface area contributed by atoms with Gasteiger partial charge in [-0.3, -0.25) is 0 Å². The highest BCUT2D eigenvalue weighted by molar-refractivity contribution is 4.90. The van der Waals surface area contributed by atoms with Gasteiger partial charge in [0, 0.05) is 26.2 Å². The molecule has 0 aromatic heterocycles. The van der Waals surface area contributed by atoms with Gasteiger partial charge in [-0.1, -0.05) is 20.8 Å². The van der Waals surface area contributed by atoms with Crippen LogP contribution in [0.4, 0.5) is 0 Å². The van der Waals surface area contributed by atoms with Gasteiger partial charge >= 0.3 is 0 Å². The summed E-state index contributed by atoms with van der Waals surface area (Å²) in [5.41, 5.74) is -0.105. The molecule has 1 heterocycles. The zero-order valence-corrected chi connectivity index (χ0v) is 13.1. The molecule has 0 aliphatic carbocycles. The summed E-state index contributed by atoms with van der Waals surface area (Å²) >= 11 is 0. The third-order valence-corrected chi connectivity index (χ3v) is 4.51. The highest BCUT2D eigenvalue weighted by Gasteiger charge is 2.33. The van der Waals surface area contributed by atoms with Crippen molar-refractivity contribution < 1.29 is 4.74 Å². The van der Waals surface area contributed by atoms with Crippen LogP contribution in [0.1, 0.15) is 41.0 Å². The fourth-order valence-electron chi connectivity index (χ4n) is 2.75. The van der Waals surface area contributed by atoms with Crippen LogP contribution in [0.2, 0.25) is 0 Å². The molecule has 0 aromatic rings. The second kappa shape index (κ2) is 6.88. The molecule has 0 saturated carbocycles. The molecule has 1 N–H and O–H groups in total. The molecule has 18 heavy (non-hydrogen) atoms. The van der Waals surface area contributed by atoms with E-state index in [0.717, 1.165) is 24.9 Å². The minimum absolute atomic E-state index is 0.105. The summed E-state index contributed by atoms with van der Waals surface area (Å²) in [5, 5.41) is 3.58. The van der Waals surface area contributed by atoms with E-state index in [-0.39, 0.29) is 5.60 Å². The average molecular weight is 256 g/mol. The van der Waals surface area contributed by atoms with Crippen LogP contribution in [0.15, 0.2) is 0 Å². The van der Waals surface area contributed by atoms with Gasteiger partial charge in [0.1, 0.15) is 0 Å². The predicted octanol–water partition coefficient (Wildman–Crippen LogP) is 2.37. The van der Waals surface area contributed by atoms with Gasteiger partial charge in [-0.25, -0.2) is 0 Å². The van der Waals surface area contributed by atoms with Crippen LogP contribution in [0.3, 0.4) is 0 Å². The topological polar surface area (TPSA) is 24.5 Å². The molecule has 0 radical (unpaired) electrons. The van der Waals surface area contributed by atoms with Crippen molar-refractivity contribution in [3.8, 4) is 0 Å². The summed E-state index contributed by atoms with van der Waals surface area (Å²) < 4.78 is 5.65. The minimum atomic E-state index is -0.105. The standard InChI is InChI=1S/C15H32N2O/c1-7-16-14(15(4,5)18-6)11-17-9-8-13(10-17)12(2)3/h12-14,16H,7-11H2,1-6H3. The number of likely N-dealkylation sites (N-methyl/N-ethyl adjacent to an activating group) is 1. The SMILES string of the molecule is CCNC(CN1CCC(C(C)C)C1)C(C)(C)OC. The Kier molecular flexibility index (Phi) is 6.09. The van der Waals surface area contributed by atoms with Crippen molar-refractivity contribution in [3.05, 3.63) is 0 Å². The van der Waals surface area contributed by atoms with Gasteiger partial charge in [0.05, 0.1) is 5.60 Å². The first-order chi connectivity index (χ1) is 8.40. The van der Waals surface area contributed by atoms with Crippen molar-refractivity contribution in [1.29, 1.82) is 0 Å². The Bertz CT molecular complexity index is 241. The molecule has 1 saturated heterocycles. The lowest BCUT2D eigenvalue weighted by atomic mass is 9.95. The Morgan fingerprint density at radius 1 is 1.39 bits per heavy atom. The summed E-state index contributed by atoms with van der Waals surface area (Å²) in [5.74, 6) is 1.68. The van der Waals surface area contributed by atoms with Crippen molar-refractivity contribution in [2.75, 3.05) is 33.3 Å². The maximum atomic E-state index is 5.65. The van der Waals surface area contributed by atoms with E-state index in [1.54, 1.807) is 0 Å². The third kappa shape index (κ3) is 4.22. The normalized spacial score (nSPS) is 23.8. The van der Waals surface area contributed by atoms with E-state index in [1.807, 2.05) is 7.11 Å². The molecule has 1 aliphatic heterocycles. The second-order valence-corrected chi connectivity index (χ2v) is 6.47. The summed E-state index contributed by atoms with van der Waals surface area (Å²) in [7, 11) is 1.81. The van der Waals surface area contributed by atoms with E-state index in [2.05, 4.69) is 44.8 Å². The molecule has 1 fully saturated rings. The van der Waals surface area contributed by atoms with Crippen LogP contribution < -0.4 is 5.32 Å². The van der Waals surface area contributed by atoms with Gasteiger partial charge in [0.15, 0.2) is 0 Å². The zero-order chi connectivity index (χ0) is 13.8. The number of likely N-dealkylation sites (tertiary alicyclic amines) is 1. The van der Waals surface area contributed by atoms with Gasteiger partial charge in [-0.05, 0) is 45.2 Å². The van der Waals surface area contributed by atoms with E-state index in [1.165, 1.54) is 19.5 Å². The molecule has 1 rings (SSSR count). The third-order valence-electron chi connectivity index (χ3n) is 4.51. The molecular weight excluding hydrogens is 224 g/mol. The van der Waals surface area contributed by atoms with Crippen molar-refractivity contribution >= 4 is 0 Å². The number of hydrogen-bond acceptors (Lipinski definition) is 3. The molecule has 1 aliphatic rings. The van der Waals surface area contributed by atoms with Gasteiger partial charge in [-0.2, -0.15) is 0 Å². The molecule has 3 nitrogen and oxygen atoms in total. The molecular formula is C15H32N2O. The lowest BCUT2D eigenvalue weighted by Gasteiger charge is -2.36. The Balaban J connectivity index is 2.52. The Hall–Kier alpha value is -0.120. The Morgan fingerprint density at radius 3 is 2.50 bits per heavy atom. The van der Waals surface area contributed by atoms with Gasteiger partial charge in [0.25, 0.3) is 0 Å². The van der Waals surface area contributed by atoms with E-state index in [0.29, 0.717) is 6.04 Å². The van der Waals surface area contributed by atoms with Crippen LogP contribution in [-0.2, 0) is 4.74 Å². The largest absolute Gasteiger partial charge is 0.377 e. The van der Waals surface area contributed by atoms with Crippen molar-refractivity contribution in [3.63, 3.8) is 0 Å². The van der Waals surface area contributed by atoms with Gasteiger partial charge in [-0.15, -0.1) is 0 Å². The number of methoxy groups -OCH3 is 1. The predicted molar refractivity (Wildman–Crippen MR) is 77.9 cm³/mol. The van der Waals surface area contributed by atoms with E-state index in [4.69, 9.17) is 4.74 Å². The van der Waals surface area contributed by atoms with Crippen LogP contribution >= 0.6 is 0 Å². The first kappa shape index (κ1) is 15.9. The summed E-state index contributed by atoms with van der Waals surface area (Å²) in [6.07, 6.45) is 1.35. The minimum Gasteiger partial charge on any atom is -0.377 e. The van der Waals surface area contributed by atoms with E-state index < -0.39 is 0 Å². The number of rotatable bonds is 7. The summed E-state index contributed by atoms with van der Waals surface area (Å²) in [6.45, 7) is 15.8. The lowest BCUT2D eigenvalue weighted by Crippen LogP contribution is -2.54. The maximum absolute atomic E-state index is 5.65. The Morgan fingerprint density at radius 2 is 2.06 bits per heavy atom.